The lowest BCUT2D eigenvalue weighted by molar-refractivity contribution is 0.396. The molecule has 5 heteroatoms. The average molecular weight is 417 g/mol. The third kappa shape index (κ3) is 6.02. The van der Waals surface area contributed by atoms with Crippen LogP contribution in [0.3, 0.4) is 0 Å². The lowest BCUT2D eigenvalue weighted by atomic mass is 10.2. The van der Waals surface area contributed by atoms with E-state index in [0.29, 0.717) is 0 Å². The molecule has 1 aliphatic rings. The minimum absolute atomic E-state index is 0. The van der Waals surface area contributed by atoms with Gasteiger partial charge in [0.05, 0.1) is 7.11 Å². The van der Waals surface area contributed by atoms with E-state index in [1.54, 1.807) is 7.11 Å². The smallest absolute Gasteiger partial charge is 0.193 e. The van der Waals surface area contributed by atoms with Gasteiger partial charge in [-0.1, -0.05) is 31.0 Å². The zero-order chi connectivity index (χ0) is 15.1. The number of benzene rings is 1. The first-order chi connectivity index (χ1) is 10.2. The molecule has 0 heterocycles. The van der Waals surface area contributed by atoms with E-state index in [1.807, 2.05) is 25.2 Å². The van der Waals surface area contributed by atoms with Gasteiger partial charge in [0.1, 0.15) is 5.75 Å². The van der Waals surface area contributed by atoms with E-state index in [9.17, 15) is 0 Å². The SMILES string of the molecule is CN=C(NCCCC1CC1)N(C)Cc1ccccc1OC.I. The van der Waals surface area contributed by atoms with Gasteiger partial charge in [0.15, 0.2) is 5.96 Å². The van der Waals surface area contributed by atoms with Gasteiger partial charge in [0.25, 0.3) is 0 Å². The number of halogens is 1. The van der Waals surface area contributed by atoms with Gasteiger partial charge in [-0.05, 0) is 24.8 Å². The van der Waals surface area contributed by atoms with Crippen molar-refractivity contribution in [3.63, 3.8) is 0 Å². The van der Waals surface area contributed by atoms with Gasteiger partial charge >= 0.3 is 0 Å². The Morgan fingerprint density at radius 2 is 2.09 bits per heavy atom. The minimum Gasteiger partial charge on any atom is -0.496 e. The number of nitrogens with zero attached hydrogens (tertiary/aromatic N) is 2. The van der Waals surface area contributed by atoms with Crippen LogP contribution in [0.25, 0.3) is 0 Å². The first-order valence-corrected chi connectivity index (χ1v) is 7.78. The van der Waals surface area contributed by atoms with Crippen LogP contribution in [0.2, 0.25) is 0 Å². The fourth-order valence-electron chi connectivity index (χ4n) is 2.55. The van der Waals surface area contributed by atoms with Gasteiger partial charge < -0.3 is 15.0 Å². The summed E-state index contributed by atoms with van der Waals surface area (Å²) in [6, 6.07) is 8.12. The summed E-state index contributed by atoms with van der Waals surface area (Å²) in [4.78, 5) is 6.50. The predicted octanol–water partition coefficient (Wildman–Crippen LogP) is 3.51. The molecule has 0 radical (unpaired) electrons. The van der Waals surface area contributed by atoms with E-state index in [0.717, 1.165) is 30.7 Å². The fourth-order valence-corrected chi connectivity index (χ4v) is 2.55. The monoisotopic (exact) mass is 417 g/mol. The Labute approximate surface area is 151 Å². The first-order valence-electron chi connectivity index (χ1n) is 7.78. The van der Waals surface area contributed by atoms with Crippen LogP contribution >= 0.6 is 24.0 Å². The molecule has 124 valence electrons. The Bertz CT molecular complexity index is 475. The zero-order valence-electron chi connectivity index (χ0n) is 13.8. The van der Waals surface area contributed by atoms with Crippen LogP contribution in [-0.2, 0) is 6.54 Å². The van der Waals surface area contributed by atoms with Crippen LogP contribution in [0, 0.1) is 5.92 Å². The summed E-state index contributed by atoms with van der Waals surface area (Å²) in [7, 11) is 5.61. The number of guanidine groups is 1. The second kappa shape index (κ2) is 9.92. The molecule has 22 heavy (non-hydrogen) atoms. The molecule has 0 amide bonds. The third-order valence-electron chi connectivity index (χ3n) is 3.94. The van der Waals surface area contributed by atoms with Gasteiger partial charge in [-0.3, -0.25) is 4.99 Å². The van der Waals surface area contributed by atoms with Gasteiger partial charge in [-0.2, -0.15) is 0 Å². The number of hydrogen-bond acceptors (Lipinski definition) is 2. The molecule has 0 unspecified atom stereocenters. The largest absolute Gasteiger partial charge is 0.496 e. The highest BCUT2D eigenvalue weighted by Crippen LogP contribution is 2.33. The average Bonchev–Trinajstić information content (AvgIpc) is 3.32. The molecule has 0 spiro atoms. The standard InChI is InChI=1S/C17H27N3O.HI/c1-18-17(19-12-6-7-14-10-11-14)20(2)13-15-8-4-5-9-16(15)21-3;/h4-5,8-9,14H,6-7,10-13H2,1-3H3,(H,18,19);1H. The molecule has 4 nitrogen and oxygen atoms in total. The van der Waals surface area contributed by atoms with E-state index in [4.69, 9.17) is 4.74 Å². The zero-order valence-corrected chi connectivity index (χ0v) is 16.2. The summed E-state index contributed by atoms with van der Waals surface area (Å²) in [5.41, 5.74) is 1.17. The van der Waals surface area contributed by atoms with E-state index in [2.05, 4.69) is 28.3 Å². The molecular weight excluding hydrogens is 389 g/mol. The second-order valence-corrected chi connectivity index (χ2v) is 5.73. The summed E-state index contributed by atoms with van der Waals surface area (Å²) >= 11 is 0. The van der Waals surface area contributed by atoms with Gasteiger partial charge in [0.2, 0.25) is 0 Å². The van der Waals surface area contributed by atoms with Crippen molar-refractivity contribution in [2.45, 2.75) is 32.2 Å². The van der Waals surface area contributed by atoms with E-state index >= 15 is 0 Å². The van der Waals surface area contributed by atoms with Crippen LogP contribution in [0.1, 0.15) is 31.2 Å². The number of rotatable bonds is 7. The normalized spacial score (nSPS) is 14.2. The van der Waals surface area contributed by atoms with E-state index < -0.39 is 0 Å². The number of aliphatic imine (C=N–C) groups is 1. The highest BCUT2D eigenvalue weighted by Gasteiger charge is 2.20. The Balaban J connectivity index is 0.00000242. The molecule has 1 fully saturated rings. The van der Waals surface area contributed by atoms with Crippen LogP contribution in [0.15, 0.2) is 29.3 Å². The number of nitrogens with one attached hydrogen (secondary N) is 1. The van der Waals surface area contributed by atoms with Gasteiger partial charge in [-0.25, -0.2) is 0 Å². The molecule has 1 aromatic rings. The molecule has 1 aliphatic carbocycles. The lowest BCUT2D eigenvalue weighted by Gasteiger charge is -2.23. The maximum atomic E-state index is 5.40. The van der Waals surface area contributed by atoms with Crippen molar-refractivity contribution in [1.82, 2.24) is 10.2 Å². The quantitative estimate of drug-likeness (QED) is 0.319. The lowest BCUT2D eigenvalue weighted by Crippen LogP contribution is -2.38. The number of para-hydroxylation sites is 1. The molecule has 1 N–H and O–H groups in total. The van der Waals surface area contributed by atoms with Crippen molar-refractivity contribution in [3.8, 4) is 5.75 Å². The molecular formula is C17H28IN3O. The first kappa shape index (κ1) is 19.1. The summed E-state index contributed by atoms with van der Waals surface area (Å²) < 4.78 is 5.40. The Morgan fingerprint density at radius 3 is 2.73 bits per heavy atom. The van der Waals surface area contributed by atoms with Crippen LogP contribution in [0.4, 0.5) is 0 Å². The molecule has 0 atom stereocenters. The predicted molar refractivity (Wildman–Crippen MR) is 103 cm³/mol. The van der Waals surface area contributed by atoms with Crippen molar-refractivity contribution in [3.05, 3.63) is 29.8 Å². The molecule has 0 saturated heterocycles. The van der Waals surface area contributed by atoms with Crippen molar-refractivity contribution < 1.29 is 4.74 Å². The molecule has 0 bridgehead atoms. The Kier molecular flexibility index (Phi) is 8.60. The summed E-state index contributed by atoms with van der Waals surface area (Å²) in [5.74, 6) is 2.87. The van der Waals surface area contributed by atoms with E-state index in [-0.39, 0.29) is 24.0 Å². The molecule has 1 saturated carbocycles. The maximum absolute atomic E-state index is 5.40. The van der Waals surface area contributed by atoms with Crippen molar-refractivity contribution >= 4 is 29.9 Å². The summed E-state index contributed by atoms with van der Waals surface area (Å²) in [6.45, 7) is 1.78. The Morgan fingerprint density at radius 1 is 1.36 bits per heavy atom. The minimum atomic E-state index is 0. The number of hydrogen-bond donors (Lipinski definition) is 1. The maximum Gasteiger partial charge on any atom is 0.193 e. The van der Waals surface area contributed by atoms with Crippen LogP contribution in [-0.4, -0.2) is 38.6 Å². The number of methoxy groups -OCH3 is 1. The number of ether oxygens (including phenoxy) is 1. The fraction of sp³-hybridized carbons (Fsp3) is 0.588. The summed E-state index contributed by atoms with van der Waals surface area (Å²) in [6.07, 6.45) is 5.44. The van der Waals surface area contributed by atoms with Crippen LogP contribution in [0.5, 0.6) is 5.75 Å². The van der Waals surface area contributed by atoms with Crippen molar-refractivity contribution in [2.75, 3.05) is 27.7 Å². The van der Waals surface area contributed by atoms with Crippen LogP contribution < -0.4 is 10.1 Å². The van der Waals surface area contributed by atoms with Crippen molar-refractivity contribution in [2.24, 2.45) is 10.9 Å². The van der Waals surface area contributed by atoms with Crippen molar-refractivity contribution in [1.29, 1.82) is 0 Å². The molecule has 2 rings (SSSR count). The van der Waals surface area contributed by atoms with E-state index in [1.165, 1.54) is 31.2 Å². The van der Waals surface area contributed by atoms with Gasteiger partial charge in [-0.15, -0.1) is 24.0 Å². The third-order valence-corrected chi connectivity index (χ3v) is 3.94. The molecule has 0 aliphatic heterocycles. The molecule has 0 aromatic heterocycles. The topological polar surface area (TPSA) is 36.9 Å². The molecule has 1 aromatic carbocycles. The Hall–Kier alpha value is -0.980. The summed E-state index contributed by atoms with van der Waals surface area (Å²) in [5, 5.41) is 3.45. The van der Waals surface area contributed by atoms with Gasteiger partial charge in [0, 0.05) is 32.7 Å². The highest BCUT2D eigenvalue weighted by molar-refractivity contribution is 14.0. The second-order valence-electron chi connectivity index (χ2n) is 5.73. The highest BCUT2D eigenvalue weighted by atomic mass is 127.